The maximum Gasteiger partial charge on any atom is 0.119 e. The molecule has 1 heterocycles. The third-order valence-corrected chi connectivity index (χ3v) is 4.91. The van der Waals surface area contributed by atoms with Gasteiger partial charge in [0, 0.05) is 42.0 Å². The Morgan fingerprint density at radius 1 is 0.870 bits per heavy atom. The summed E-state index contributed by atoms with van der Waals surface area (Å²) in [7, 11) is 0. The number of rotatable bonds is 6. The van der Waals surface area contributed by atoms with Crippen LogP contribution in [0.15, 0.2) is 54.6 Å². The lowest BCUT2D eigenvalue weighted by molar-refractivity contribution is 0.224. The van der Waals surface area contributed by atoms with Crippen molar-refractivity contribution in [2.45, 2.75) is 6.42 Å². The molecule has 2 aromatic carbocycles. The van der Waals surface area contributed by atoms with Gasteiger partial charge in [-0.2, -0.15) is 0 Å². The van der Waals surface area contributed by atoms with Crippen LogP contribution in [0, 0.1) is 3.57 Å². The molecule has 0 radical (unpaired) electrons. The van der Waals surface area contributed by atoms with Crippen molar-refractivity contribution in [1.29, 1.82) is 0 Å². The highest BCUT2D eigenvalue weighted by atomic mass is 127. The van der Waals surface area contributed by atoms with E-state index in [4.69, 9.17) is 4.74 Å². The van der Waals surface area contributed by atoms with E-state index >= 15 is 0 Å². The van der Waals surface area contributed by atoms with Gasteiger partial charge in [0.25, 0.3) is 0 Å². The van der Waals surface area contributed by atoms with E-state index in [-0.39, 0.29) is 0 Å². The number of anilines is 1. The first-order valence-electron chi connectivity index (χ1n) is 8.22. The molecule has 1 aliphatic rings. The molecule has 0 atom stereocenters. The molecule has 0 unspecified atom stereocenters. The van der Waals surface area contributed by atoms with Gasteiger partial charge in [-0.15, -0.1) is 0 Å². The van der Waals surface area contributed by atoms with Gasteiger partial charge in [-0.25, -0.2) is 0 Å². The summed E-state index contributed by atoms with van der Waals surface area (Å²) in [5, 5.41) is 0. The predicted octanol–water partition coefficient (Wildman–Crippen LogP) is 3.88. The zero-order valence-electron chi connectivity index (χ0n) is 13.3. The van der Waals surface area contributed by atoms with Crippen molar-refractivity contribution in [3.05, 3.63) is 58.2 Å². The standard InChI is InChI=1S/C19H23IN2O/c20-17-7-9-19(10-8-17)23-16-4-11-21-12-14-22(15-13-21)18-5-2-1-3-6-18/h1-3,5-10H,4,11-16H2. The van der Waals surface area contributed by atoms with Gasteiger partial charge in [-0.3, -0.25) is 4.90 Å². The van der Waals surface area contributed by atoms with Crippen LogP contribution >= 0.6 is 22.6 Å². The first-order chi connectivity index (χ1) is 11.3. The zero-order chi connectivity index (χ0) is 15.9. The van der Waals surface area contributed by atoms with Crippen molar-refractivity contribution >= 4 is 28.3 Å². The fraction of sp³-hybridized carbons (Fsp3) is 0.368. The van der Waals surface area contributed by atoms with Gasteiger partial charge in [0.05, 0.1) is 6.61 Å². The minimum atomic E-state index is 0.791. The Kier molecular flexibility index (Phi) is 6.16. The van der Waals surface area contributed by atoms with Gasteiger partial charge >= 0.3 is 0 Å². The van der Waals surface area contributed by atoms with Gasteiger partial charge in [0.1, 0.15) is 5.75 Å². The van der Waals surface area contributed by atoms with Crippen molar-refractivity contribution in [1.82, 2.24) is 4.90 Å². The summed E-state index contributed by atoms with van der Waals surface area (Å²) in [5.74, 6) is 0.972. The molecule has 23 heavy (non-hydrogen) atoms. The summed E-state index contributed by atoms with van der Waals surface area (Å²) in [6.07, 6.45) is 1.08. The molecule has 0 aliphatic carbocycles. The fourth-order valence-electron chi connectivity index (χ4n) is 2.88. The highest BCUT2D eigenvalue weighted by molar-refractivity contribution is 14.1. The second kappa shape index (κ2) is 8.55. The molecule has 2 aromatic rings. The highest BCUT2D eigenvalue weighted by Crippen LogP contribution is 2.16. The lowest BCUT2D eigenvalue weighted by Crippen LogP contribution is -2.46. The fourth-order valence-corrected chi connectivity index (χ4v) is 3.24. The number of hydrogen-bond donors (Lipinski definition) is 0. The van der Waals surface area contributed by atoms with Crippen LogP contribution in [-0.2, 0) is 0 Å². The number of piperazine rings is 1. The number of ether oxygens (including phenoxy) is 1. The van der Waals surface area contributed by atoms with Crippen LogP contribution in [0.4, 0.5) is 5.69 Å². The maximum absolute atomic E-state index is 5.80. The van der Waals surface area contributed by atoms with Crippen molar-refractivity contribution in [3.63, 3.8) is 0 Å². The predicted molar refractivity (Wildman–Crippen MR) is 104 cm³/mol. The molecule has 3 rings (SSSR count). The molecule has 1 fully saturated rings. The van der Waals surface area contributed by atoms with Crippen LogP contribution < -0.4 is 9.64 Å². The van der Waals surface area contributed by atoms with Gasteiger partial charge < -0.3 is 9.64 Å². The lowest BCUT2D eigenvalue weighted by Gasteiger charge is -2.36. The Balaban J connectivity index is 1.34. The average molecular weight is 422 g/mol. The number of para-hydroxylation sites is 1. The van der Waals surface area contributed by atoms with Gasteiger partial charge in [-0.05, 0) is 65.4 Å². The summed E-state index contributed by atoms with van der Waals surface area (Å²) < 4.78 is 7.04. The third kappa shape index (κ3) is 5.11. The van der Waals surface area contributed by atoms with Crippen molar-refractivity contribution < 1.29 is 4.74 Å². The lowest BCUT2D eigenvalue weighted by atomic mass is 10.2. The highest BCUT2D eigenvalue weighted by Gasteiger charge is 2.16. The van der Waals surface area contributed by atoms with Crippen molar-refractivity contribution in [2.24, 2.45) is 0 Å². The number of benzene rings is 2. The molecule has 0 amide bonds. The van der Waals surface area contributed by atoms with Crippen molar-refractivity contribution in [2.75, 3.05) is 44.2 Å². The molecule has 0 saturated carbocycles. The van der Waals surface area contributed by atoms with E-state index in [0.717, 1.165) is 51.5 Å². The molecule has 0 N–H and O–H groups in total. The second-order valence-corrected chi connectivity index (χ2v) is 7.07. The smallest absolute Gasteiger partial charge is 0.119 e. The van der Waals surface area contributed by atoms with Crippen LogP contribution in [0.2, 0.25) is 0 Å². The normalized spacial score (nSPS) is 15.6. The zero-order valence-corrected chi connectivity index (χ0v) is 15.5. The van der Waals surface area contributed by atoms with Crippen LogP contribution in [0.5, 0.6) is 5.75 Å². The van der Waals surface area contributed by atoms with Crippen LogP contribution in [0.25, 0.3) is 0 Å². The van der Waals surface area contributed by atoms with Crippen LogP contribution in [0.1, 0.15) is 6.42 Å². The monoisotopic (exact) mass is 422 g/mol. The topological polar surface area (TPSA) is 15.7 Å². The van der Waals surface area contributed by atoms with Crippen molar-refractivity contribution in [3.8, 4) is 5.75 Å². The minimum Gasteiger partial charge on any atom is -0.494 e. The molecule has 1 aliphatic heterocycles. The first kappa shape index (κ1) is 16.6. The number of nitrogens with zero attached hydrogens (tertiary/aromatic N) is 2. The molecule has 1 saturated heterocycles. The van der Waals surface area contributed by atoms with Gasteiger partial charge in [0.2, 0.25) is 0 Å². The Bertz CT molecular complexity index is 580. The molecule has 0 aromatic heterocycles. The summed E-state index contributed by atoms with van der Waals surface area (Å²) in [6, 6.07) is 19.0. The Hall–Kier alpha value is -1.27. The summed E-state index contributed by atoms with van der Waals surface area (Å²) in [5.41, 5.74) is 1.34. The Morgan fingerprint density at radius 2 is 1.57 bits per heavy atom. The summed E-state index contributed by atoms with van der Waals surface area (Å²) in [4.78, 5) is 5.01. The average Bonchev–Trinajstić information content (AvgIpc) is 2.62. The molecule has 122 valence electrons. The van der Waals surface area contributed by atoms with E-state index in [9.17, 15) is 0 Å². The maximum atomic E-state index is 5.80. The molecule has 4 heteroatoms. The van der Waals surface area contributed by atoms with Gasteiger partial charge in [-0.1, -0.05) is 18.2 Å². The largest absolute Gasteiger partial charge is 0.494 e. The van der Waals surface area contributed by atoms with E-state index < -0.39 is 0 Å². The van der Waals surface area contributed by atoms with Gasteiger partial charge in [0.15, 0.2) is 0 Å². The second-order valence-electron chi connectivity index (χ2n) is 5.82. The Morgan fingerprint density at radius 3 is 2.26 bits per heavy atom. The van der Waals surface area contributed by atoms with E-state index in [1.54, 1.807) is 0 Å². The van der Waals surface area contributed by atoms with E-state index in [0.29, 0.717) is 0 Å². The number of hydrogen-bond acceptors (Lipinski definition) is 3. The summed E-state index contributed by atoms with van der Waals surface area (Å²) in [6.45, 7) is 6.41. The Labute approximate surface area is 152 Å². The van der Waals surface area contributed by atoms with Crippen LogP contribution in [-0.4, -0.2) is 44.2 Å². The molecular weight excluding hydrogens is 399 g/mol. The van der Waals surface area contributed by atoms with E-state index in [1.165, 1.54) is 9.26 Å². The SMILES string of the molecule is Ic1ccc(OCCCN2CCN(c3ccccc3)CC2)cc1. The molecule has 3 nitrogen and oxygen atoms in total. The summed E-state index contributed by atoms with van der Waals surface area (Å²) >= 11 is 2.31. The van der Waals surface area contributed by atoms with E-state index in [1.807, 2.05) is 12.1 Å². The van der Waals surface area contributed by atoms with E-state index in [2.05, 4.69) is 74.9 Å². The first-order valence-corrected chi connectivity index (χ1v) is 9.30. The molecular formula is C19H23IN2O. The molecule has 0 bridgehead atoms. The third-order valence-electron chi connectivity index (χ3n) is 4.19. The van der Waals surface area contributed by atoms with Crippen LogP contribution in [0.3, 0.4) is 0 Å². The minimum absolute atomic E-state index is 0.791. The quantitative estimate of drug-likeness (QED) is 0.519. The molecule has 0 spiro atoms. The number of halogens is 1.